The summed E-state index contributed by atoms with van der Waals surface area (Å²) in [6, 6.07) is 7.27. The molecule has 0 saturated carbocycles. The summed E-state index contributed by atoms with van der Waals surface area (Å²) in [4.78, 5) is 12.6. The molecule has 3 rings (SSSR count). The number of amides is 1. The molecule has 1 amide bonds. The molecule has 27 heavy (non-hydrogen) atoms. The first-order valence-electron chi connectivity index (χ1n) is 7.21. The first-order chi connectivity index (χ1) is 12.6. The Bertz CT molecular complexity index is 1180. The molecule has 2 aromatic carbocycles. The van der Waals surface area contributed by atoms with Crippen molar-refractivity contribution in [3.63, 3.8) is 0 Å². The molecule has 0 radical (unpaired) electrons. The lowest BCUT2D eigenvalue weighted by Gasteiger charge is -2.10. The maximum Gasteiger partial charge on any atom is 0.267 e. The molecule has 0 fully saturated rings. The molecular weight excluding hydrogens is 455 g/mol. The predicted octanol–water partition coefficient (Wildman–Crippen LogP) is 4.77. The number of thiophene rings is 1. The highest BCUT2D eigenvalue weighted by Gasteiger charge is 2.21. The van der Waals surface area contributed by atoms with Crippen LogP contribution >= 0.6 is 46.1 Å². The highest BCUT2D eigenvalue weighted by atomic mass is 35.5. The van der Waals surface area contributed by atoms with Crippen molar-refractivity contribution in [2.75, 3.05) is 12.4 Å². The van der Waals surface area contributed by atoms with Gasteiger partial charge in [-0.3, -0.25) is 4.79 Å². The zero-order valence-corrected chi connectivity index (χ0v) is 17.4. The van der Waals surface area contributed by atoms with E-state index in [0.717, 1.165) is 11.3 Å². The van der Waals surface area contributed by atoms with Crippen molar-refractivity contribution in [2.45, 2.75) is 4.90 Å². The van der Waals surface area contributed by atoms with Crippen LogP contribution in [0.2, 0.25) is 15.1 Å². The number of primary sulfonamides is 1. The number of sulfonamides is 1. The number of hydrogen-bond acceptors (Lipinski definition) is 5. The van der Waals surface area contributed by atoms with Gasteiger partial charge in [0.15, 0.2) is 0 Å². The topological polar surface area (TPSA) is 98.5 Å². The van der Waals surface area contributed by atoms with E-state index in [9.17, 15) is 13.2 Å². The fourth-order valence-corrected chi connectivity index (χ4v) is 5.42. The van der Waals surface area contributed by atoms with E-state index >= 15 is 0 Å². The van der Waals surface area contributed by atoms with Crippen LogP contribution in [-0.4, -0.2) is 21.4 Å². The van der Waals surface area contributed by atoms with Crippen LogP contribution < -0.4 is 15.2 Å². The van der Waals surface area contributed by atoms with Gasteiger partial charge < -0.3 is 10.1 Å². The Morgan fingerprint density at radius 2 is 1.89 bits per heavy atom. The fourth-order valence-electron chi connectivity index (χ4n) is 2.42. The standard InChI is InChI=1S/C16H11Cl3N2O4S2/c1-25-10-3-2-8(6-12(10)27(20,23)24)21-16(22)15-14(19)13-9(18)4-7(17)5-11(13)26-15/h2-6H,1H3,(H,21,22)(H2,20,23,24). The van der Waals surface area contributed by atoms with Crippen molar-refractivity contribution in [2.24, 2.45) is 5.14 Å². The number of nitrogens with one attached hydrogen (secondary N) is 1. The van der Waals surface area contributed by atoms with E-state index in [2.05, 4.69) is 5.32 Å². The molecule has 0 unspecified atom stereocenters. The van der Waals surface area contributed by atoms with Gasteiger partial charge in [0.25, 0.3) is 5.91 Å². The molecule has 3 aromatic rings. The Labute approximate surface area is 173 Å². The van der Waals surface area contributed by atoms with E-state index in [4.69, 9.17) is 44.7 Å². The summed E-state index contributed by atoms with van der Waals surface area (Å²) in [5.74, 6) is -0.462. The molecule has 0 aliphatic heterocycles. The van der Waals surface area contributed by atoms with Crippen LogP contribution in [0.25, 0.3) is 10.1 Å². The van der Waals surface area contributed by atoms with Gasteiger partial charge in [-0.05, 0) is 30.3 Å². The zero-order valence-electron chi connectivity index (χ0n) is 13.5. The number of carbonyl (C=O) groups is 1. The minimum absolute atomic E-state index is 0.0665. The molecule has 0 saturated heterocycles. The van der Waals surface area contributed by atoms with Crippen molar-refractivity contribution in [3.8, 4) is 5.75 Å². The van der Waals surface area contributed by atoms with Crippen LogP contribution in [-0.2, 0) is 10.0 Å². The lowest BCUT2D eigenvalue weighted by atomic mass is 10.2. The number of rotatable bonds is 4. The molecule has 0 spiro atoms. The molecular formula is C16H11Cl3N2O4S2. The average Bonchev–Trinajstić information content (AvgIpc) is 2.90. The highest BCUT2D eigenvalue weighted by Crippen LogP contribution is 2.41. The number of methoxy groups -OCH3 is 1. The van der Waals surface area contributed by atoms with Crippen LogP contribution in [0.15, 0.2) is 35.2 Å². The van der Waals surface area contributed by atoms with Crippen LogP contribution in [0.3, 0.4) is 0 Å². The third-order valence-corrected chi connectivity index (χ3v) is 6.66. The van der Waals surface area contributed by atoms with Crippen molar-refractivity contribution in [1.29, 1.82) is 0 Å². The second-order valence-corrected chi connectivity index (χ2v) is 9.17. The van der Waals surface area contributed by atoms with E-state index < -0.39 is 15.9 Å². The summed E-state index contributed by atoms with van der Waals surface area (Å²) in [7, 11) is -2.73. The lowest BCUT2D eigenvalue weighted by Crippen LogP contribution is -2.15. The van der Waals surface area contributed by atoms with E-state index in [1.54, 1.807) is 6.07 Å². The fraction of sp³-hybridized carbons (Fsp3) is 0.0625. The number of halogens is 3. The van der Waals surface area contributed by atoms with E-state index in [0.29, 0.717) is 20.1 Å². The number of ether oxygens (including phenoxy) is 1. The number of hydrogen-bond donors (Lipinski definition) is 2. The number of carbonyl (C=O) groups excluding carboxylic acids is 1. The first-order valence-corrected chi connectivity index (χ1v) is 10.7. The Balaban J connectivity index is 2.00. The zero-order chi connectivity index (χ0) is 19.9. The second-order valence-electron chi connectivity index (χ2n) is 5.37. The van der Waals surface area contributed by atoms with Gasteiger partial charge in [-0.2, -0.15) is 0 Å². The third kappa shape index (κ3) is 4.01. The monoisotopic (exact) mass is 464 g/mol. The van der Waals surface area contributed by atoms with E-state index in [-0.39, 0.29) is 26.2 Å². The van der Waals surface area contributed by atoms with Crippen LogP contribution in [0, 0.1) is 0 Å². The van der Waals surface area contributed by atoms with Crippen LogP contribution in [0.5, 0.6) is 5.75 Å². The van der Waals surface area contributed by atoms with Crippen molar-refractivity contribution < 1.29 is 17.9 Å². The maximum atomic E-state index is 12.6. The largest absolute Gasteiger partial charge is 0.495 e. The predicted molar refractivity (Wildman–Crippen MR) is 109 cm³/mol. The molecule has 6 nitrogen and oxygen atoms in total. The van der Waals surface area contributed by atoms with Gasteiger partial charge in [0, 0.05) is 20.8 Å². The molecule has 1 heterocycles. The Morgan fingerprint density at radius 3 is 2.52 bits per heavy atom. The van der Waals surface area contributed by atoms with Crippen molar-refractivity contribution in [1.82, 2.24) is 0 Å². The summed E-state index contributed by atoms with van der Waals surface area (Å²) < 4.78 is 29.0. The van der Waals surface area contributed by atoms with Gasteiger partial charge in [-0.25, -0.2) is 13.6 Å². The number of nitrogens with two attached hydrogens (primary N) is 1. The van der Waals surface area contributed by atoms with E-state index in [1.165, 1.54) is 31.4 Å². The van der Waals surface area contributed by atoms with Crippen LogP contribution in [0.4, 0.5) is 5.69 Å². The second kappa shape index (κ2) is 7.46. The van der Waals surface area contributed by atoms with Crippen LogP contribution in [0.1, 0.15) is 9.67 Å². The Morgan fingerprint density at radius 1 is 1.19 bits per heavy atom. The molecule has 0 aliphatic rings. The van der Waals surface area contributed by atoms with Gasteiger partial charge in [0.1, 0.15) is 15.5 Å². The number of fused-ring (bicyclic) bond motifs is 1. The quantitative estimate of drug-likeness (QED) is 0.580. The smallest absolute Gasteiger partial charge is 0.267 e. The SMILES string of the molecule is COc1ccc(NC(=O)c2sc3cc(Cl)cc(Cl)c3c2Cl)cc1S(N)(=O)=O. The molecule has 0 atom stereocenters. The van der Waals surface area contributed by atoms with Gasteiger partial charge in [-0.1, -0.05) is 34.8 Å². The summed E-state index contributed by atoms with van der Waals surface area (Å²) in [5.41, 5.74) is 0.211. The van der Waals surface area contributed by atoms with Gasteiger partial charge >= 0.3 is 0 Å². The van der Waals surface area contributed by atoms with Crippen molar-refractivity contribution >= 4 is 77.8 Å². The highest BCUT2D eigenvalue weighted by molar-refractivity contribution is 7.89. The number of anilines is 1. The Kier molecular flexibility index (Phi) is 5.58. The molecule has 3 N–H and O–H groups in total. The lowest BCUT2D eigenvalue weighted by molar-refractivity contribution is 0.103. The molecule has 11 heteroatoms. The Hall–Kier alpha value is -1.55. The third-order valence-electron chi connectivity index (χ3n) is 3.58. The molecule has 1 aromatic heterocycles. The molecule has 0 bridgehead atoms. The summed E-state index contributed by atoms with van der Waals surface area (Å²) in [6.45, 7) is 0. The average molecular weight is 466 g/mol. The van der Waals surface area contributed by atoms with Gasteiger partial charge in [0.05, 0.1) is 17.2 Å². The summed E-state index contributed by atoms with van der Waals surface area (Å²) >= 11 is 19.6. The maximum absolute atomic E-state index is 12.6. The normalized spacial score (nSPS) is 11.6. The summed E-state index contributed by atoms with van der Waals surface area (Å²) in [6.07, 6.45) is 0. The first kappa shape index (κ1) is 20.2. The molecule has 142 valence electrons. The number of benzene rings is 2. The van der Waals surface area contributed by atoms with Crippen molar-refractivity contribution in [3.05, 3.63) is 50.3 Å². The summed E-state index contributed by atoms with van der Waals surface area (Å²) in [5, 5.41) is 9.25. The minimum Gasteiger partial charge on any atom is -0.495 e. The van der Waals surface area contributed by atoms with E-state index in [1.807, 2.05) is 0 Å². The van der Waals surface area contributed by atoms with Gasteiger partial charge in [0.2, 0.25) is 10.0 Å². The van der Waals surface area contributed by atoms with Gasteiger partial charge in [-0.15, -0.1) is 11.3 Å². The minimum atomic E-state index is -4.04. The molecule has 0 aliphatic carbocycles.